The lowest BCUT2D eigenvalue weighted by Crippen LogP contribution is -2.21. The number of aromatic nitrogens is 3. The number of aryl methyl sites for hydroxylation is 1. The predicted molar refractivity (Wildman–Crippen MR) is 85.3 cm³/mol. The van der Waals surface area contributed by atoms with E-state index >= 15 is 0 Å². The van der Waals surface area contributed by atoms with Gasteiger partial charge in [0, 0.05) is 13.1 Å². The molecular weight excluding hydrogens is 363 g/mol. The molecular formula is C14H15ClF3N5O2. The molecule has 0 fully saturated rings. The normalized spacial score (nSPS) is 13.1. The zero-order valence-electron chi connectivity index (χ0n) is 13.5. The van der Waals surface area contributed by atoms with Crippen molar-refractivity contribution in [2.75, 3.05) is 5.32 Å². The Morgan fingerprint density at radius 1 is 1.36 bits per heavy atom. The fraction of sp³-hybridized carbons (Fsp3) is 0.429. The Bertz CT molecular complexity index is 791. The summed E-state index contributed by atoms with van der Waals surface area (Å²) >= 11 is 5.69. The SMILES string of the molecule is CC(C)C(Nc1cc(Cl)c(C(F)(F)F)cc1[N+](=O)[O-])c1nncn1C. The summed E-state index contributed by atoms with van der Waals surface area (Å²) in [6.45, 7) is 3.67. The minimum absolute atomic E-state index is 0.0800. The third-order valence-electron chi connectivity index (χ3n) is 3.59. The molecule has 2 aromatic rings. The second-order valence-corrected chi connectivity index (χ2v) is 6.18. The van der Waals surface area contributed by atoms with Gasteiger partial charge in [-0.3, -0.25) is 10.1 Å². The molecule has 7 nitrogen and oxygen atoms in total. The van der Waals surface area contributed by atoms with Crippen LogP contribution in [-0.2, 0) is 13.2 Å². The van der Waals surface area contributed by atoms with E-state index in [-0.39, 0.29) is 11.6 Å². The van der Waals surface area contributed by atoms with Gasteiger partial charge >= 0.3 is 6.18 Å². The molecule has 1 atom stereocenters. The van der Waals surface area contributed by atoms with Crippen LogP contribution in [0.25, 0.3) is 0 Å². The van der Waals surface area contributed by atoms with Crippen LogP contribution in [0.5, 0.6) is 0 Å². The number of hydrogen-bond acceptors (Lipinski definition) is 5. The molecule has 1 N–H and O–H groups in total. The molecule has 1 aromatic heterocycles. The summed E-state index contributed by atoms with van der Waals surface area (Å²) in [5.41, 5.74) is -2.10. The average molecular weight is 378 g/mol. The van der Waals surface area contributed by atoms with Crippen molar-refractivity contribution in [1.29, 1.82) is 0 Å². The van der Waals surface area contributed by atoms with Gasteiger partial charge in [-0.15, -0.1) is 10.2 Å². The van der Waals surface area contributed by atoms with E-state index in [4.69, 9.17) is 11.6 Å². The lowest BCUT2D eigenvalue weighted by molar-refractivity contribution is -0.384. The first-order valence-corrected chi connectivity index (χ1v) is 7.55. The molecule has 0 bridgehead atoms. The lowest BCUT2D eigenvalue weighted by atomic mass is 10.0. The maximum atomic E-state index is 12.9. The Hall–Kier alpha value is -2.36. The fourth-order valence-corrected chi connectivity index (χ4v) is 2.59. The number of halogens is 4. The number of nitrogens with one attached hydrogen (secondary N) is 1. The molecule has 2 rings (SSSR count). The van der Waals surface area contributed by atoms with E-state index in [9.17, 15) is 23.3 Å². The molecule has 136 valence electrons. The highest BCUT2D eigenvalue weighted by Gasteiger charge is 2.36. The monoisotopic (exact) mass is 377 g/mol. The van der Waals surface area contributed by atoms with Crippen LogP contribution in [0.2, 0.25) is 5.02 Å². The summed E-state index contributed by atoms with van der Waals surface area (Å²) < 4.78 is 40.4. The molecule has 1 unspecified atom stereocenters. The number of nitro groups is 1. The number of nitro benzene ring substituents is 1. The van der Waals surface area contributed by atoms with Crippen LogP contribution in [-0.4, -0.2) is 19.7 Å². The van der Waals surface area contributed by atoms with E-state index in [1.54, 1.807) is 11.6 Å². The first-order valence-electron chi connectivity index (χ1n) is 7.18. The number of anilines is 1. The number of rotatable bonds is 5. The first kappa shape index (κ1) is 19.0. The van der Waals surface area contributed by atoms with E-state index in [1.165, 1.54) is 6.33 Å². The third-order valence-corrected chi connectivity index (χ3v) is 3.90. The average Bonchev–Trinajstić information content (AvgIpc) is 2.88. The predicted octanol–water partition coefficient (Wildman–Crippen LogP) is 4.20. The highest BCUT2D eigenvalue weighted by molar-refractivity contribution is 6.31. The molecule has 0 radical (unpaired) electrons. The van der Waals surface area contributed by atoms with Crippen molar-refractivity contribution in [1.82, 2.24) is 14.8 Å². The minimum atomic E-state index is -4.79. The van der Waals surface area contributed by atoms with Crippen molar-refractivity contribution < 1.29 is 18.1 Å². The minimum Gasteiger partial charge on any atom is -0.369 e. The molecule has 0 aliphatic rings. The van der Waals surface area contributed by atoms with Gasteiger partial charge in [-0.25, -0.2) is 0 Å². The van der Waals surface area contributed by atoms with Crippen molar-refractivity contribution in [2.24, 2.45) is 13.0 Å². The fourth-order valence-electron chi connectivity index (χ4n) is 2.32. The Morgan fingerprint density at radius 2 is 2.00 bits per heavy atom. The topological polar surface area (TPSA) is 85.9 Å². The van der Waals surface area contributed by atoms with Gasteiger partial charge in [0.2, 0.25) is 0 Å². The van der Waals surface area contributed by atoms with E-state index < -0.39 is 33.4 Å². The summed E-state index contributed by atoms with van der Waals surface area (Å²) in [6, 6.07) is 0.825. The van der Waals surface area contributed by atoms with E-state index in [1.807, 2.05) is 13.8 Å². The molecule has 0 aliphatic carbocycles. The van der Waals surface area contributed by atoms with Gasteiger partial charge in [-0.1, -0.05) is 25.4 Å². The van der Waals surface area contributed by atoms with Gasteiger partial charge in [0.15, 0.2) is 5.82 Å². The number of nitrogens with zero attached hydrogens (tertiary/aromatic N) is 4. The Labute approximate surface area is 146 Å². The van der Waals surface area contributed by atoms with Gasteiger partial charge in [-0.2, -0.15) is 13.2 Å². The molecule has 1 aromatic carbocycles. The number of hydrogen-bond donors (Lipinski definition) is 1. The molecule has 0 spiro atoms. The summed E-state index contributed by atoms with van der Waals surface area (Å²) in [7, 11) is 1.69. The first-order chi connectivity index (χ1) is 11.5. The van der Waals surface area contributed by atoms with Crippen LogP contribution >= 0.6 is 11.6 Å². The maximum absolute atomic E-state index is 12.9. The summed E-state index contributed by atoms with van der Waals surface area (Å²) in [4.78, 5) is 10.4. The standard InChI is InChI=1S/C14H15ClF3N5O2/c1-7(2)12(13-21-19-6-22(13)3)20-10-5-9(15)8(14(16,17)18)4-11(10)23(24)25/h4-7,12,20H,1-3H3. The van der Waals surface area contributed by atoms with Crippen LogP contribution in [0.3, 0.4) is 0 Å². The molecule has 0 aliphatic heterocycles. The van der Waals surface area contributed by atoms with Crippen molar-refractivity contribution in [3.63, 3.8) is 0 Å². The Balaban J connectivity index is 2.52. The van der Waals surface area contributed by atoms with Gasteiger partial charge < -0.3 is 9.88 Å². The van der Waals surface area contributed by atoms with Gasteiger partial charge in [0.05, 0.1) is 21.6 Å². The van der Waals surface area contributed by atoms with Crippen LogP contribution in [0.4, 0.5) is 24.5 Å². The van der Waals surface area contributed by atoms with Crippen molar-refractivity contribution in [3.05, 3.63) is 45.0 Å². The van der Waals surface area contributed by atoms with E-state index in [2.05, 4.69) is 15.5 Å². The molecule has 1 heterocycles. The maximum Gasteiger partial charge on any atom is 0.418 e. The summed E-state index contributed by atoms with van der Waals surface area (Å²) in [6.07, 6.45) is -3.33. The molecule has 11 heteroatoms. The number of alkyl halides is 3. The second-order valence-electron chi connectivity index (χ2n) is 5.77. The zero-order valence-corrected chi connectivity index (χ0v) is 14.3. The van der Waals surface area contributed by atoms with Crippen LogP contribution in [0, 0.1) is 16.0 Å². The quantitative estimate of drug-likeness (QED) is 0.623. The van der Waals surface area contributed by atoms with E-state index in [0.29, 0.717) is 11.9 Å². The van der Waals surface area contributed by atoms with Crippen molar-refractivity contribution in [2.45, 2.75) is 26.1 Å². The molecule has 0 saturated carbocycles. The van der Waals surface area contributed by atoms with Crippen LogP contribution in [0.1, 0.15) is 31.3 Å². The van der Waals surface area contributed by atoms with Crippen molar-refractivity contribution in [3.8, 4) is 0 Å². The Kier molecular flexibility index (Phi) is 5.21. The van der Waals surface area contributed by atoms with E-state index in [0.717, 1.165) is 6.07 Å². The Morgan fingerprint density at radius 3 is 2.44 bits per heavy atom. The van der Waals surface area contributed by atoms with Crippen LogP contribution < -0.4 is 5.32 Å². The van der Waals surface area contributed by atoms with Gasteiger partial charge in [0.1, 0.15) is 12.0 Å². The third kappa shape index (κ3) is 4.01. The highest BCUT2D eigenvalue weighted by Crippen LogP contribution is 2.41. The molecule has 0 amide bonds. The summed E-state index contributed by atoms with van der Waals surface area (Å²) in [5.74, 6) is 0.406. The number of benzene rings is 1. The highest BCUT2D eigenvalue weighted by atomic mass is 35.5. The van der Waals surface area contributed by atoms with Crippen molar-refractivity contribution >= 4 is 23.0 Å². The summed E-state index contributed by atoms with van der Waals surface area (Å²) in [5, 5.41) is 21.2. The molecule has 0 saturated heterocycles. The largest absolute Gasteiger partial charge is 0.418 e. The van der Waals surface area contributed by atoms with Crippen LogP contribution in [0.15, 0.2) is 18.5 Å². The zero-order chi connectivity index (χ0) is 18.9. The molecule has 25 heavy (non-hydrogen) atoms. The second kappa shape index (κ2) is 6.87. The van der Waals surface area contributed by atoms with Gasteiger partial charge in [-0.05, 0) is 12.0 Å². The lowest BCUT2D eigenvalue weighted by Gasteiger charge is -2.23. The smallest absolute Gasteiger partial charge is 0.369 e. The van der Waals surface area contributed by atoms with Gasteiger partial charge in [0.25, 0.3) is 5.69 Å².